The molecule has 0 nitrogen and oxygen atoms in total. The first-order valence-electron chi connectivity index (χ1n) is 4.59. The maximum absolute atomic E-state index is 12.8. The summed E-state index contributed by atoms with van der Waals surface area (Å²) in [6.45, 7) is 2.18. The average molecular weight is 278 g/mol. The third kappa shape index (κ3) is 1.59. The monoisotopic (exact) mass is 276 g/mol. The highest BCUT2D eigenvalue weighted by Gasteiger charge is 2.51. The quantitative estimate of drug-likeness (QED) is 0.712. The molecule has 0 bridgehead atoms. The van der Waals surface area contributed by atoms with Gasteiger partial charge < -0.3 is 0 Å². The van der Waals surface area contributed by atoms with Gasteiger partial charge in [-0.3, -0.25) is 0 Å². The van der Waals surface area contributed by atoms with Crippen LogP contribution in [0.2, 0.25) is 5.02 Å². The Labute approximate surface area is 96.6 Å². The van der Waals surface area contributed by atoms with Crippen LogP contribution in [0.15, 0.2) is 18.2 Å². The molecule has 1 saturated carbocycles. The molecule has 0 saturated heterocycles. The van der Waals surface area contributed by atoms with Crippen molar-refractivity contribution in [3.63, 3.8) is 0 Å². The van der Waals surface area contributed by atoms with Gasteiger partial charge in [0.15, 0.2) is 0 Å². The molecule has 1 aromatic carbocycles. The van der Waals surface area contributed by atoms with Crippen molar-refractivity contribution < 1.29 is 4.39 Å². The van der Waals surface area contributed by atoms with E-state index in [1.165, 1.54) is 12.1 Å². The number of benzene rings is 1. The molecule has 3 heteroatoms. The zero-order valence-electron chi connectivity index (χ0n) is 7.86. The molecule has 1 aliphatic rings. The fourth-order valence-corrected chi connectivity index (χ4v) is 3.29. The van der Waals surface area contributed by atoms with Crippen molar-refractivity contribution in [2.24, 2.45) is 5.92 Å². The Bertz CT molecular complexity index is 366. The van der Waals surface area contributed by atoms with Crippen molar-refractivity contribution in [1.29, 1.82) is 0 Å². The molecule has 0 aliphatic heterocycles. The molecular formula is C11H11BrClF. The van der Waals surface area contributed by atoms with Crippen LogP contribution in [0, 0.1) is 11.7 Å². The highest BCUT2D eigenvalue weighted by Crippen LogP contribution is 2.56. The predicted octanol–water partition coefficient (Wildman–Crippen LogP) is 4.15. The van der Waals surface area contributed by atoms with Crippen LogP contribution in [0.5, 0.6) is 0 Å². The molecule has 0 heterocycles. The fraction of sp³-hybridized carbons (Fsp3) is 0.455. The molecule has 76 valence electrons. The maximum atomic E-state index is 12.8. The number of hydrogen-bond donors (Lipinski definition) is 0. The normalized spacial score (nSPS) is 30.4. The van der Waals surface area contributed by atoms with Crippen LogP contribution in [-0.2, 0) is 5.41 Å². The summed E-state index contributed by atoms with van der Waals surface area (Å²) in [4.78, 5) is 0. The van der Waals surface area contributed by atoms with E-state index in [-0.39, 0.29) is 11.2 Å². The van der Waals surface area contributed by atoms with E-state index in [4.69, 9.17) is 11.6 Å². The molecule has 0 radical (unpaired) electrons. The van der Waals surface area contributed by atoms with Crippen LogP contribution in [0.3, 0.4) is 0 Å². The lowest BCUT2D eigenvalue weighted by atomic mass is 9.96. The first-order valence-corrected chi connectivity index (χ1v) is 6.09. The maximum Gasteiger partial charge on any atom is 0.124 e. The Balaban J connectivity index is 2.34. The third-order valence-electron chi connectivity index (χ3n) is 3.14. The van der Waals surface area contributed by atoms with Gasteiger partial charge in [-0.15, -0.1) is 0 Å². The zero-order chi connectivity index (χ0) is 10.3. The van der Waals surface area contributed by atoms with Crippen molar-refractivity contribution in [2.75, 3.05) is 5.33 Å². The summed E-state index contributed by atoms with van der Waals surface area (Å²) in [5, 5.41) is 1.54. The van der Waals surface area contributed by atoms with Crippen molar-refractivity contribution in [2.45, 2.75) is 18.8 Å². The Morgan fingerprint density at radius 2 is 2.36 bits per heavy atom. The minimum atomic E-state index is -0.265. The highest BCUT2D eigenvalue weighted by molar-refractivity contribution is 9.09. The first kappa shape index (κ1) is 10.4. The SMILES string of the molecule is CC1(c2ccc(F)cc2Cl)CC1CBr. The second-order valence-corrected chi connectivity index (χ2v) is 5.15. The second kappa shape index (κ2) is 3.49. The van der Waals surface area contributed by atoms with Gasteiger partial charge in [-0.05, 0) is 35.4 Å². The van der Waals surface area contributed by atoms with Crippen LogP contribution in [-0.4, -0.2) is 5.33 Å². The van der Waals surface area contributed by atoms with Crippen LogP contribution in [0.1, 0.15) is 18.9 Å². The lowest BCUT2D eigenvalue weighted by molar-refractivity contribution is 0.623. The highest BCUT2D eigenvalue weighted by atomic mass is 79.9. The average Bonchev–Trinajstić information content (AvgIpc) is 2.77. The van der Waals surface area contributed by atoms with E-state index in [0.717, 1.165) is 17.3 Å². The van der Waals surface area contributed by atoms with E-state index in [2.05, 4.69) is 22.9 Å². The molecule has 1 aliphatic carbocycles. The van der Waals surface area contributed by atoms with Crippen LogP contribution in [0.25, 0.3) is 0 Å². The second-order valence-electron chi connectivity index (χ2n) is 4.10. The van der Waals surface area contributed by atoms with E-state index in [9.17, 15) is 4.39 Å². The Morgan fingerprint density at radius 3 is 2.86 bits per heavy atom. The largest absolute Gasteiger partial charge is 0.207 e. The number of halogens is 3. The molecule has 1 aromatic rings. The van der Waals surface area contributed by atoms with Crippen molar-refractivity contribution in [3.05, 3.63) is 34.6 Å². The van der Waals surface area contributed by atoms with Gasteiger partial charge in [0, 0.05) is 10.4 Å². The number of alkyl halides is 1. The molecule has 0 amide bonds. The Morgan fingerprint density at radius 1 is 1.64 bits per heavy atom. The van der Waals surface area contributed by atoms with Gasteiger partial charge in [0.1, 0.15) is 5.82 Å². The molecule has 2 unspecified atom stereocenters. The lowest BCUT2D eigenvalue weighted by Gasteiger charge is -2.12. The van der Waals surface area contributed by atoms with Gasteiger partial charge in [-0.1, -0.05) is 40.5 Å². The van der Waals surface area contributed by atoms with Gasteiger partial charge in [0.25, 0.3) is 0 Å². The smallest absolute Gasteiger partial charge is 0.124 e. The number of hydrogen-bond acceptors (Lipinski definition) is 0. The topological polar surface area (TPSA) is 0 Å². The number of rotatable bonds is 2. The Hall–Kier alpha value is -0.0800. The van der Waals surface area contributed by atoms with Crippen LogP contribution in [0.4, 0.5) is 4.39 Å². The third-order valence-corrected chi connectivity index (χ3v) is 4.24. The molecular weight excluding hydrogens is 266 g/mol. The van der Waals surface area contributed by atoms with Crippen molar-refractivity contribution >= 4 is 27.5 Å². The minimum Gasteiger partial charge on any atom is -0.207 e. The summed E-state index contributed by atoms with van der Waals surface area (Å²) in [6, 6.07) is 4.68. The van der Waals surface area contributed by atoms with E-state index >= 15 is 0 Å². The molecule has 1 fully saturated rings. The van der Waals surface area contributed by atoms with E-state index in [1.807, 2.05) is 0 Å². The summed E-state index contributed by atoms with van der Waals surface area (Å²) in [6.07, 6.45) is 1.13. The van der Waals surface area contributed by atoms with E-state index < -0.39 is 0 Å². The summed E-state index contributed by atoms with van der Waals surface area (Å²) >= 11 is 9.49. The van der Waals surface area contributed by atoms with Gasteiger partial charge in [-0.2, -0.15) is 0 Å². The molecule has 0 aromatic heterocycles. The van der Waals surface area contributed by atoms with Crippen LogP contribution < -0.4 is 0 Å². The predicted molar refractivity (Wildman–Crippen MR) is 60.7 cm³/mol. The van der Waals surface area contributed by atoms with Crippen molar-refractivity contribution in [3.8, 4) is 0 Å². The first-order chi connectivity index (χ1) is 6.58. The summed E-state index contributed by atoms with van der Waals surface area (Å²) < 4.78 is 12.8. The fourth-order valence-electron chi connectivity index (χ4n) is 1.96. The summed E-state index contributed by atoms with van der Waals surface area (Å²) in [5.41, 5.74) is 1.22. The lowest BCUT2D eigenvalue weighted by Crippen LogP contribution is -2.06. The molecule has 0 spiro atoms. The molecule has 2 rings (SSSR count). The Kier molecular flexibility index (Phi) is 2.61. The molecule has 14 heavy (non-hydrogen) atoms. The van der Waals surface area contributed by atoms with Crippen LogP contribution >= 0.6 is 27.5 Å². The minimum absolute atomic E-state index is 0.147. The summed E-state index contributed by atoms with van der Waals surface area (Å²) in [7, 11) is 0. The van der Waals surface area contributed by atoms with E-state index in [0.29, 0.717) is 10.9 Å². The van der Waals surface area contributed by atoms with Gasteiger partial charge in [0.2, 0.25) is 0 Å². The van der Waals surface area contributed by atoms with Crippen molar-refractivity contribution in [1.82, 2.24) is 0 Å². The van der Waals surface area contributed by atoms with Gasteiger partial charge in [-0.25, -0.2) is 4.39 Å². The van der Waals surface area contributed by atoms with Gasteiger partial charge in [0.05, 0.1) is 0 Å². The van der Waals surface area contributed by atoms with Gasteiger partial charge >= 0.3 is 0 Å². The molecule has 2 atom stereocenters. The zero-order valence-corrected chi connectivity index (χ0v) is 10.2. The summed E-state index contributed by atoms with van der Waals surface area (Å²) in [5.74, 6) is 0.365. The molecule has 0 N–H and O–H groups in total. The van der Waals surface area contributed by atoms with E-state index in [1.54, 1.807) is 6.07 Å². The standard InChI is InChI=1S/C11H11BrClF/c1-11(5-7(11)6-12)9-3-2-8(14)4-10(9)13/h2-4,7H,5-6H2,1H3.